The fraction of sp³-hybridized carbons (Fsp3) is 0.545. The summed E-state index contributed by atoms with van der Waals surface area (Å²) >= 11 is 0. The summed E-state index contributed by atoms with van der Waals surface area (Å²) in [5.41, 5.74) is 2.81. The molecule has 4 nitrogen and oxygen atoms in total. The molecule has 2 heterocycles. The number of hydrogen-bond donors (Lipinski definition) is 1. The molecule has 15 heavy (non-hydrogen) atoms. The summed E-state index contributed by atoms with van der Waals surface area (Å²) in [6, 6.07) is 0. The van der Waals surface area contributed by atoms with Crippen molar-refractivity contribution in [1.82, 2.24) is 20.4 Å². The number of aryl methyl sites for hydroxylation is 1. The van der Waals surface area contributed by atoms with Gasteiger partial charge in [-0.3, -0.25) is 5.10 Å². The Morgan fingerprint density at radius 1 is 1.20 bits per heavy atom. The van der Waals surface area contributed by atoms with Crippen molar-refractivity contribution in [2.45, 2.75) is 40.5 Å². The van der Waals surface area contributed by atoms with Crippen LogP contribution in [0.4, 0.5) is 0 Å². The Kier molecular flexibility index (Phi) is 3.77. The Morgan fingerprint density at radius 3 is 2.47 bits per heavy atom. The van der Waals surface area contributed by atoms with E-state index in [1.54, 1.807) is 0 Å². The lowest BCUT2D eigenvalue weighted by molar-refractivity contribution is 0.792. The molecule has 2 rings (SSSR count). The monoisotopic (exact) mass is 206 g/mol. The van der Waals surface area contributed by atoms with E-state index in [2.05, 4.69) is 34.2 Å². The van der Waals surface area contributed by atoms with Gasteiger partial charge in [-0.15, -0.1) is 0 Å². The number of aromatic amines is 1. The third kappa shape index (κ3) is 2.14. The highest BCUT2D eigenvalue weighted by molar-refractivity contribution is 5.82. The Bertz CT molecular complexity index is 431. The van der Waals surface area contributed by atoms with Crippen LogP contribution in [0.2, 0.25) is 0 Å². The Labute approximate surface area is 90.1 Å². The highest BCUT2D eigenvalue weighted by Crippen LogP contribution is 2.21. The second kappa shape index (κ2) is 4.87. The van der Waals surface area contributed by atoms with Gasteiger partial charge in [-0.05, 0) is 12.8 Å². The first-order chi connectivity index (χ1) is 7.20. The van der Waals surface area contributed by atoms with Gasteiger partial charge in [-0.25, -0.2) is 0 Å². The predicted octanol–water partition coefficient (Wildman–Crippen LogP) is 2.81. The summed E-state index contributed by atoms with van der Waals surface area (Å²) in [4.78, 5) is 0. The maximum absolute atomic E-state index is 4.17. The van der Waals surface area contributed by atoms with E-state index in [1.165, 1.54) is 0 Å². The van der Waals surface area contributed by atoms with Crippen LogP contribution < -0.4 is 0 Å². The molecule has 0 saturated carbocycles. The zero-order chi connectivity index (χ0) is 11.4. The van der Waals surface area contributed by atoms with Crippen LogP contribution in [0.15, 0.2) is 6.20 Å². The minimum absolute atomic E-state index is 0.383. The number of fused-ring (bicyclic) bond motifs is 1. The Balaban J connectivity index is 0.000000531. The van der Waals surface area contributed by atoms with E-state index in [0.717, 1.165) is 22.3 Å². The number of rotatable bonds is 1. The molecule has 0 fully saturated rings. The van der Waals surface area contributed by atoms with Gasteiger partial charge in [-0.1, -0.05) is 27.7 Å². The Hall–Kier alpha value is -1.45. The third-order valence-corrected chi connectivity index (χ3v) is 2.11. The summed E-state index contributed by atoms with van der Waals surface area (Å²) in [5, 5.41) is 16.3. The zero-order valence-electron chi connectivity index (χ0n) is 10.00. The number of aromatic nitrogens is 4. The first kappa shape index (κ1) is 11.6. The molecule has 0 amide bonds. The molecular weight excluding hydrogens is 188 g/mol. The van der Waals surface area contributed by atoms with Gasteiger partial charge >= 0.3 is 0 Å². The van der Waals surface area contributed by atoms with Crippen molar-refractivity contribution in [1.29, 1.82) is 0 Å². The van der Waals surface area contributed by atoms with Gasteiger partial charge in [0.05, 0.1) is 11.4 Å². The second-order valence-electron chi connectivity index (χ2n) is 3.47. The molecule has 0 bridgehead atoms. The first-order valence-electron chi connectivity index (χ1n) is 5.37. The molecule has 0 saturated heterocycles. The molecule has 0 aliphatic heterocycles. The fourth-order valence-corrected chi connectivity index (χ4v) is 1.42. The van der Waals surface area contributed by atoms with Crippen LogP contribution in [0.3, 0.4) is 0 Å². The standard InChI is InChI=1S/C9H12N4.C2H6/c1-5(2)8-7-4-10-12-9(7)6(3)11-13-8;1-2/h4-5H,1-3H3,(H,10,12);1-2H3. The lowest BCUT2D eigenvalue weighted by Gasteiger charge is -2.04. The minimum atomic E-state index is 0.383. The van der Waals surface area contributed by atoms with Crippen molar-refractivity contribution in [3.63, 3.8) is 0 Å². The SMILES string of the molecule is CC.Cc1nnc(C(C)C)c2c[nH]nc12. The van der Waals surface area contributed by atoms with E-state index in [9.17, 15) is 0 Å². The molecule has 0 radical (unpaired) electrons. The zero-order valence-corrected chi connectivity index (χ0v) is 10.00. The summed E-state index contributed by atoms with van der Waals surface area (Å²) in [6.45, 7) is 10.1. The number of H-pyrrole nitrogens is 1. The molecule has 2 aromatic heterocycles. The highest BCUT2D eigenvalue weighted by Gasteiger charge is 2.11. The lowest BCUT2D eigenvalue weighted by atomic mass is 10.1. The van der Waals surface area contributed by atoms with Crippen molar-refractivity contribution >= 4 is 10.9 Å². The average molecular weight is 206 g/mol. The molecule has 1 N–H and O–H groups in total. The van der Waals surface area contributed by atoms with Crippen molar-refractivity contribution in [2.24, 2.45) is 0 Å². The number of nitrogens with one attached hydrogen (secondary N) is 1. The van der Waals surface area contributed by atoms with E-state index in [1.807, 2.05) is 27.0 Å². The van der Waals surface area contributed by atoms with Crippen LogP contribution >= 0.6 is 0 Å². The van der Waals surface area contributed by atoms with Crippen LogP contribution in [0.1, 0.15) is 45.0 Å². The van der Waals surface area contributed by atoms with Gasteiger partial charge in [0.15, 0.2) is 0 Å². The van der Waals surface area contributed by atoms with Crippen LogP contribution in [-0.2, 0) is 0 Å². The molecule has 0 aliphatic rings. The maximum atomic E-state index is 4.17. The molecule has 0 aromatic carbocycles. The van der Waals surface area contributed by atoms with E-state index >= 15 is 0 Å². The van der Waals surface area contributed by atoms with Crippen molar-refractivity contribution in [3.05, 3.63) is 17.6 Å². The van der Waals surface area contributed by atoms with Gasteiger partial charge in [0.25, 0.3) is 0 Å². The van der Waals surface area contributed by atoms with E-state index in [0.29, 0.717) is 5.92 Å². The summed E-state index contributed by atoms with van der Waals surface area (Å²) < 4.78 is 0. The van der Waals surface area contributed by atoms with Crippen LogP contribution in [0, 0.1) is 6.92 Å². The molecule has 0 atom stereocenters. The lowest BCUT2D eigenvalue weighted by Crippen LogP contribution is -1.98. The van der Waals surface area contributed by atoms with E-state index in [-0.39, 0.29) is 0 Å². The molecule has 0 spiro atoms. The van der Waals surface area contributed by atoms with Crippen LogP contribution in [-0.4, -0.2) is 20.4 Å². The first-order valence-corrected chi connectivity index (χ1v) is 5.37. The molecule has 4 heteroatoms. The molecule has 0 unspecified atom stereocenters. The summed E-state index contributed by atoms with van der Waals surface area (Å²) in [7, 11) is 0. The fourth-order valence-electron chi connectivity index (χ4n) is 1.42. The van der Waals surface area contributed by atoms with Gasteiger partial charge in [0.2, 0.25) is 0 Å². The summed E-state index contributed by atoms with van der Waals surface area (Å²) in [6.07, 6.45) is 1.88. The number of hydrogen-bond acceptors (Lipinski definition) is 3. The van der Waals surface area contributed by atoms with Gasteiger partial charge < -0.3 is 0 Å². The van der Waals surface area contributed by atoms with Gasteiger partial charge in [0, 0.05) is 11.6 Å². The van der Waals surface area contributed by atoms with E-state index < -0.39 is 0 Å². The van der Waals surface area contributed by atoms with Crippen LogP contribution in [0.5, 0.6) is 0 Å². The predicted molar refractivity (Wildman–Crippen MR) is 61.9 cm³/mol. The highest BCUT2D eigenvalue weighted by atomic mass is 15.2. The summed E-state index contributed by atoms with van der Waals surface area (Å²) in [5.74, 6) is 0.383. The minimum Gasteiger partial charge on any atom is -0.284 e. The van der Waals surface area contributed by atoms with Crippen molar-refractivity contribution in [2.75, 3.05) is 0 Å². The molecule has 2 aromatic rings. The Morgan fingerprint density at radius 2 is 1.87 bits per heavy atom. The molecule has 0 aliphatic carbocycles. The quantitative estimate of drug-likeness (QED) is 0.780. The van der Waals surface area contributed by atoms with Crippen molar-refractivity contribution < 1.29 is 0 Å². The maximum Gasteiger partial charge on any atom is 0.117 e. The smallest absolute Gasteiger partial charge is 0.117 e. The number of nitrogens with zero attached hydrogens (tertiary/aromatic N) is 3. The van der Waals surface area contributed by atoms with Crippen LogP contribution in [0.25, 0.3) is 10.9 Å². The third-order valence-electron chi connectivity index (χ3n) is 2.11. The normalized spacial score (nSPS) is 10.3. The molecular formula is C11H18N4. The van der Waals surface area contributed by atoms with Gasteiger partial charge in [-0.2, -0.15) is 15.3 Å². The largest absolute Gasteiger partial charge is 0.284 e. The topological polar surface area (TPSA) is 54.5 Å². The van der Waals surface area contributed by atoms with Gasteiger partial charge in [0.1, 0.15) is 5.52 Å². The molecule has 82 valence electrons. The van der Waals surface area contributed by atoms with E-state index in [4.69, 9.17) is 0 Å². The van der Waals surface area contributed by atoms with Crippen molar-refractivity contribution in [3.8, 4) is 0 Å². The second-order valence-corrected chi connectivity index (χ2v) is 3.47. The average Bonchev–Trinajstić information content (AvgIpc) is 2.70.